The van der Waals surface area contributed by atoms with E-state index in [0.717, 1.165) is 33.2 Å². The zero-order valence-corrected chi connectivity index (χ0v) is 17.5. The fourth-order valence-corrected chi connectivity index (χ4v) is 5.83. The second-order valence-corrected chi connectivity index (χ2v) is 8.84. The zero-order chi connectivity index (χ0) is 19.0. The lowest BCUT2D eigenvalue weighted by Crippen LogP contribution is -2.29. The Balaban J connectivity index is 1.72. The van der Waals surface area contributed by atoms with Crippen molar-refractivity contribution in [3.05, 3.63) is 68.4 Å². The molecule has 2 atom stereocenters. The number of anilines is 1. The summed E-state index contributed by atoms with van der Waals surface area (Å²) in [5, 5.41) is 3.72. The number of aromatic nitrogens is 1. The Morgan fingerprint density at radius 3 is 2.85 bits per heavy atom. The normalized spacial score (nSPS) is 19.6. The summed E-state index contributed by atoms with van der Waals surface area (Å²) in [5.74, 6) is 0.0242. The van der Waals surface area contributed by atoms with Gasteiger partial charge in [0.25, 0.3) is 0 Å². The molecule has 2 heterocycles. The van der Waals surface area contributed by atoms with E-state index in [0.29, 0.717) is 17.3 Å². The van der Waals surface area contributed by atoms with E-state index in [1.807, 2.05) is 6.07 Å². The second kappa shape index (κ2) is 7.87. The van der Waals surface area contributed by atoms with Gasteiger partial charge in [0.1, 0.15) is 11.0 Å². The number of nitrogens with two attached hydrogens (primary N) is 1. The SMILES string of the molecule is N[C@H]1CC=CC[C@@H]1c1sc2c(NCc3ccccc3F)cc(Cl)nc2c1Br. The summed E-state index contributed by atoms with van der Waals surface area (Å²) in [6.45, 7) is 0.374. The van der Waals surface area contributed by atoms with Gasteiger partial charge in [-0.15, -0.1) is 11.3 Å². The first-order chi connectivity index (χ1) is 13.0. The lowest BCUT2D eigenvalue weighted by molar-refractivity contribution is 0.527. The number of thiophene rings is 1. The van der Waals surface area contributed by atoms with Gasteiger partial charge in [0.15, 0.2) is 0 Å². The highest BCUT2D eigenvalue weighted by Gasteiger charge is 2.27. The monoisotopic (exact) mass is 465 g/mol. The van der Waals surface area contributed by atoms with Crippen molar-refractivity contribution in [2.24, 2.45) is 5.73 Å². The van der Waals surface area contributed by atoms with E-state index < -0.39 is 0 Å². The second-order valence-electron chi connectivity index (χ2n) is 6.61. The van der Waals surface area contributed by atoms with E-state index in [1.165, 1.54) is 10.9 Å². The summed E-state index contributed by atoms with van der Waals surface area (Å²) in [7, 11) is 0. The van der Waals surface area contributed by atoms with Crippen molar-refractivity contribution >= 4 is 54.8 Å². The first-order valence-electron chi connectivity index (χ1n) is 8.71. The molecule has 3 nitrogen and oxygen atoms in total. The molecule has 2 aromatic heterocycles. The lowest BCUT2D eigenvalue weighted by Gasteiger charge is -2.24. The molecule has 1 aliphatic carbocycles. The molecule has 0 bridgehead atoms. The van der Waals surface area contributed by atoms with Crippen LogP contribution in [0.4, 0.5) is 10.1 Å². The van der Waals surface area contributed by atoms with Crippen molar-refractivity contribution in [1.82, 2.24) is 4.98 Å². The highest BCUT2D eigenvalue weighted by molar-refractivity contribution is 9.10. The van der Waals surface area contributed by atoms with Gasteiger partial charge in [-0.1, -0.05) is 42.0 Å². The van der Waals surface area contributed by atoms with Gasteiger partial charge >= 0.3 is 0 Å². The standard InChI is InChI=1S/C20H18BrClFN3S/c21-17-18-20(27-19(17)12-6-2-4-8-14(12)24)15(9-16(22)26-18)25-10-11-5-1-3-7-13(11)23/h1-5,7,9,12,14H,6,8,10,24H2,(H,25,26)/t12-,14-/m0/s1. The molecule has 3 N–H and O–H groups in total. The zero-order valence-electron chi connectivity index (χ0n) is 14.4. The predicted octanol–water partition coefficient (Wildman–Crippen LogP) is 6.22. The number of nitrogens with zero attached hydrogens (tertiary/aromatic N) is 1. The molecule has 3 aromatic rings. The van der Waals surface area contributed by atoms with E-state index in [2.05, 4.69) is 38.4 Å². The number of hydrogen-bond acceptors (Lipinski definition) is 4. The summed E-state index contributed by atoms with van der Waals surface area (Å²) in [6, 6.07) is 8.62. The van der Waals surface area contributed by atoms with Crippen LogP contribution in [0.25, 0.3) is 10.2 Å². The minimum Gasteiger partial charge on any atom is -0.380 e. The molecule has 0 spiro atoms. The third-order valence-electron chi connectivity index (χ3n) is 4.82. The Hall–Kier alpha value is -1.47. The van der Waals surface area contributed by atoms with Crippen LogP contribution < -0.4 is 11.1 Å². The number of allylic oxidation sites excluding steroid dienone is 1. The largest absolute Gasteiger partial charge is 0.380 e. The van der Waals surface area contributed by atoms with Gasteiger partial charge in [0, 0.05) is 35.0 Å². The minimum atomic E-state index is -0.227. The van der Waals surface area contributed by atoms with Crippen LogP contribution in [0.3, 0.4) is 0 Å². The number of rotatable bonds is 4. The van der Waals surface area contributed by atoms with E-state index in [-0.39, 0.29) is 17.8 Å². The molecule has 4 rings (SSSR count). The summed E-state index contributed by atoms with van der Waals surface area (Å²) >= 11 is 11.6. The molecule has 27 heavy (non-hydrogen) atoms. The fraction of sp³-hybridized carbons (Fsp3) is 0.250. The smallest absolute Gasteiger partial charge is 0.131 e. The Morgan fingerprint density at radius 2 is 2.07 bits per heavy atom. The molecule has 0 amide bonds. The van der Waals surface area contributed by atoms with Crippen molar-refractivity contribution in [2.75, 3.05) is 5.32 Å². The first kappa shape index (κ1) is 18.9. The van der Waals surface area contributed by atoms with Crippen molar-refractivity contribution in [1.29, 1.82) is 0 Å². The maximum atomic E-state index is 13.9. The Labute approximate surface area is 174 Å². The maximum Gasteiger partial charge on any atom is 0.131 e. The van der Waals surface area contributed by atoms with Gasteiger partial charge in [-0.25, -0.2) is 9.37 Å². The molecule has 1 aromatic carbocycles. The third kappa shape index (κ3) is 3.76. The molecule has 0 fully saturated rings. The quantitative estimate of drug-likeness (QED) is 0.354. The van der Waals surface area contributed by atoms with Crippen molar-refractivity contribution in [3.8, 4) is 0 Å². The average Bonchev–Trinajstić information content (AvgIpc) is 2.98. The highest BCUT2D eigenvalue weighted by Crippen LogP contribution is 2.45. The third-order valence-corrected chi connectivity index (χ3v) is 7.43. The molecule has 0 saturated carbocycles. The van der Waals surface area contributed by atoms with Crippen LogP contribution in [0.2, 0.25) is 5.15 Å². The molecule has 140 valence electrons. The number of fused-ring (bicyclic) bond motifs is 1. The molecule has 1 aliphatic rings. The molecule has 0 radical (unpaired) electrons. The minimum absolute atomic E-state index is 0.0876. The predicted molar refractivity (Wildman–Crippen MR) is 115 cm³/mol. The number of nitrogens with one attached hydrogen (secondary N) is 1. The highest BCUT2D eigenvalue weighted by atomic mass is 79.9. The van der Waals surface area contributed by atoms with Gasteiger partial charge < -0.3 is 11.1 Å². The molecule has 7 heteroatoms. The van der Waals surface area contributed by atoms with E-state index in [1.54, 1.807) is 29.5 Å². The van der Waals surface area contributed by atoms with Crippen molar-refractivity contribution in [3.63, 3.8) is 0 Å². The van der Waals surface area contributed by atoms with Gasteiger partial charge in [0.2, 0.25) is 0 Å². The van der Waals surface area contributed by atoms with Crippen LogP contribution in [-0.2, 0) is 6.54 Å². The van der Waals surface area contributed by atoms with Crippen molar-refractivity contribution < 1.29 is 4.39 Å². The van der Waals surface area contributed by atoms with E-state index >= 15 is 0 Å². The van der Waals surface area contributed by atoms with E-state index in [4.69, 9.17) is 17.3 Å². The van der Waals surface area contributed by atoms with Crippen LogP contribution in [0.1, 0.15) is 29.2 Å². The van der Waals surface area contributed by atoms with Gasteiger partial charge in [-0.2, -0.15) is 0 Å². The summed E-state index contributed by atoms with van der Waals surface area (Å²) in [5.41, 5.74) is 8.63. The number of hydrogen-bond donors (Lipinski definition) is 2. The van der Waals surface area contributed by atoms with Crippen molar-refractivity contribution in [2.45, 2.75) is 31.3 Å². The number of halogens is 3. The van der Waals surface area contributed by atoms with Gasteiger partial charge in [-0.3, -0.25) is 0 Å². The maximum absolute atomic E-state index is 13.9. The number of pyridine rings is 1. The topological polar surface area (TPSA) is 50.9 Å². The molecular weight excluding hydrogens is 449 g/mol. The fourth-order valence-electron chi connectivity index (χ4n) is 3.36. The molecule has 0 unspecified atom stereocenters. The Morgan fingerprint density at radius 1 is 1.30 bits per heavy atom. The Bertz CT molecular complexity index is 1020. The van der Waals surface area contributed by atoms with Gasteiger partial charge in [-0.05, 0) is 34.8 Å². The molecular formula is C20H18BrClFN3S. The summed E-state index contributed by atoms with van der Waals surface area (Å²) in [6.07, 6.45) is 6.11. The summed E-state index contributed by atoms with van der Waals surface area (Å²) < 4.78 is 15.9. The molecule has 0 saturated heterocycles. The van der Waals surface area contributed by atoms with E-state index in [9.17, 15) is 4.39 Å². The average molecular weight is 467 g/mol. The Kier molecular flexibility index (Phi) is 5.50. The van der Waals surface area contributed by atoms with Gasteiger partial charge in [0.05, 0.1) is 20.4 Å². The molecule has 0 aliphatic heterocycles. The number of benzene rings is 1. The van der Waals surface area contributed by atoms with Crippen LogP contribution in [0.5, 0.6) is 0 Å². The van der Waals surface area contributed by atoms with Crippen LogP contribution >= 0.6 is 38.9 Å². The van der Waals surface area contributed by atoms with Crippen LogP contribution in [-0.4, -0.2) is 11.0 Å². The van der Waals surface area contributed by atoms with Crippen LogP contribution in [0.15, 0.2) is 47.0 Å². The summed E-state index contributed by atoms with van der Waals surface area (Å²) in [4.78, 5) is 5.69. The first-order valence-corrected chi connectivity index (χ1v) is 10.7. The van der Waals surface area contributed by atoms with Crippen LogP contribution in [0, 0.1) is 5.82 Å². The lowest BCUT2D eigenvalue weighted by atomic mass is 9.88.